The number of fused-ring (bicyclic) bond motifs is 1. The normalized spacial score (nSPS) is 10.8. The van der Waals surface area contributed by atoms with Gasteiger partial charge in [0, 0.05) is 13.1 Å². The average molecular weight is 444 g/mol. The number of hydrogen-bond acceptors (Lipinski definition) is 7. The summed E-state index contributed by atoms with van der Waals surface area (Å²) in [6.07, 6.45) is 1.35. The fourth-order valence-corrected chi connectivity index (χ4v) is 4.20. The molecule has 0 unspecified atom stereocenters. The minimum absolute atomic E-state index is 0.0808. The lowest BCUT2D eigenvalue weighted by molar-refractivity contribution is -0.131. The van der Waals surface area contributed by atoms with Crippen molar-refractivity contribution in [3.63, 3.8) is 0 Å². The van der Waals surface area contributed by atoms with Gasteiger partial charge in [-0.15, -0.1) is 11.3 Å². The molecule has 8 nitrogen and oxygen atoms in total. The molecule has 0 saturated heterocycles. The molecule has 0 bridgehead atoms. The predicted molar refractivity (Wildman–Crippen MR) is 119 cm³/mol. The summed E-state index contributed by atoms with van der Waals surface area (Å²) < 4.78 is 12.1. The lowest BCUT2D eigenvalue weighted by Gasteiger charge is -2.18. The molecule has 0 spiro atoms. The molecule has 0 fully saturated rings. The quantitative estimate of drug-likeness (QED) is 0.373. The lowest BCUT2D eigenvalue weighted by atomic mass is 10.2. The van der Waals surface area contributed by atoms with E-state index in [1.807, 2.05) is 44.2 Å². The number of thiophene rings is 1. The van der Waals surface area contributed by atoms with E-state index >= 15 is 0 Å². The van der Waals surface area contributed by atoms with Gasteiger partial charge in [0.25, 0.3) is 5.56 Å². The number of aromatic nitrogens is 2. The molecule has 0 radical (unpaired) electrons. The molecular formula is C22H25N3O5S. The van der Waals surface area contributed by atoms with Crippen molar-refractivity contribution < 1.29 is 19.1 Å². The highest BCUT2D eigenvalue weighted by Crippen LogP contribution is 2.27. The highest BCUT2D eigenvalue weighted by Gasteiger charge is 2.21. The summed E-state index contributed by atoms with van der Waals surface area (Å²) in [5.41, 5.74) is 0.168. The fourth-order valence-electron chi connectivity index (χ4n) is 3.16. The summed E-state index contributed by atoms with van der Waals surface area (Å²) in [6, 6.07) is 9.24. The first-order valence-electron chi connectivity index (χ1n) is 10.1. The third kappa shape index (κ3) is 5.11. The van der Waals surface area contributed by atoms with E-state index in [4.69, 9.17) is 9.47 Å². The number of ether oxygens (including phenoxy) is 2. The van der Waals surface area contributed by atoms with E-state index in [2.05, 4.69) is 4.98 Å². The van der Waals surface area contributed by atoms with Crippen molar-refractivity contribution in [2.24, 2.45) is 0 Å². The number of esters is 1. The van der Waals surface area contributed by atoms with Crippen molar-refractivity contribution >= 4 is 33.4 Å². The first kappa shape index (κ1) is 22.5. The number of hydrogen-bond donors (Lipinski definition) is 0. The molecule has 1 amide bonds. The Balaban J connectivity index is 1.71. The minimum Gasteiger partial charge on any atom is -0.490 e. The van der Waals surface area contributed by atoms with E-state index in [9.17, 15) is 14.4 Å². The molecule has 2 aromatic heterocycles. The molecule has 3 aromatic rings. The van der Waals surface area contributed by atoms with Crippen LogP contribution in [0, 0.1) is 6.92 Å². The Bertz CT molecular complexity index is 1120. The van der Waals surface area contributed by atoms with Gasteiger partial charge >= 0.3 is 5.97 Å². The monoisotopic (exact) mass is 443 g/mol. The Hall–Kier alpha value is -3.20. The van der Waals surface area contributed by atoms with Crippen molar-refractivity contribution in [2.45, 2.75) is 27.3 Å². The SMILES string of the molecule is CCN(CC)C(=O)Cn1cnc2sc(C(=O)OCCOc3ccccc3)c(C)c2c1=O. The molecule has 3 rings (SSSR count). The van der Waals surface area contributed by atoms with Gasteiger partial charge in [-0.2, -0.15) is 0 Å². The van der Waals surface area contributed by atoms with Gasteiger partial charge < -0.3 is 14.4 Å². The molecule has 0 aliphatic heterocycles. The Morgan fingerprint density at radius 2 is 1.84 bits per heavy atom. The van der Waals surface area contributed by atoms with Crippen molar-refractivity contribution in [1.29, 1.82) is 0 Å². The second-order valence-electron chi connectivity index (χ2n) is 6.78. The van der Waals surface area contributed by atoms with Gasteiger partial charge in [-0.3, -0.25) is 14.2 Å². The summed E-state index contributed by atoms with van der Waals surface area (Å²) in [7, 11) is 0. The number of rotatable bonds is 9. The maximum absolute atomic E-state index is 12.9. The van der Waals surface area contributed by atoms with Gasteiger partial charge in [-0.05, 0) is 38.5 Å². The van der Waals surface area contributed by atoms with Crippen LogP contribution in [0.3, 0.4) is 0 Å². The van der Waals surface area contributed by atoms with Gasteiger partial charge in [0.1, 0.15) is 35.2 Å². The van der Waals surface area contributed by atoms with Crippen LogP contribution in [0.4, 0.5) is 0 Å². The van der Waals surface area contributed by atoms with Crippen molar-refractivity contribution in [1.82, 2.24) is 14.5 Å². The van der Waals surface area contributed by atoms with Crippen LogP contribution in [0.5, 0.6) is 5.75 Å². The maximum Gasteiger partial charge on any atom is 0.348 e. The van der Waals surface area contributed by atoms with E-state index in [0.29, 0.717) is 39.5 Å². The lowest BCUT2D eigenvalue weighted by Crippen LogP contribution is -2.36. The van der Waals surface area contributed by atoms with Crippen LogP contribution < -0.4 is 10.3 Å². The highest BCUT2D eigenvalue weighted by molar-refractivity contribution is 7.20. The smallest absolute Gasteiger partial charge is 0.348 e. The van der Waals surface area contributed by atoms with Crippen molar-refractivity contribution in [3.8, 4) is 5.75 Å². The zero-order chi connectivity index (χ0) is 22.4. The Morgan fingerprint density at radius 3 is 2.52 bits per heavy atom. The summed E-state index contributed by atoms with van der Waals surface area (Å²) in [4.78, 5) is 44.5. The van der Waals surface area contributed by atoms with Crippen molar-refractivity contribution in [3.05, 3.63) is 57.5 Å². The standard InChI is InChI=1S/C22H25N3O5S/c1-4-24(5-2)17(26)13-25-14-23-20-18(21(25)27)15(3)19(31-20)22(28)30-12-11-29-16-9-7-6-8-10-16/h6-10,14H,4-5,11-13H2,1-3H3. The Kier molecular flexibility index (Phi) is 7.41. The van der Waals surface area contributed by atoms with E-state index in [1.54, 1.807) is 11.8 Å². The number of para-hydroxylation sites is 1. The molecule has 0 saturated carbocycles. The van der Waals surface area contributed by atoms with E-state index in [1.165, 1.54) is 10.9 Å². The Morgan fingerprint density at radius 1 is 1.13 bits per heavy atom. The van der Waals surface area contributed by atoms with Crippen LogP contribution in [0.25, 0.3) is 10.2 Å². The van der Waals surface area contributed by atoms with Gasteiger partial charge in [-0.1, -0.05) is 18.2 Å². The van der Waals surface area contributed by atoms with Gasteiger partial charge in [0.05, 0.1) is 11.7 Å². The summed E-state index contributed by atoms with van der Waals surface area (Å²) in [5, 5.41) is 0.340. The van der Waals surface area contributed by atoms with Crippen LogP contribution in [-0.4, -0.2) is 52.6 Å². The zero-order valence-corrected chi connectivity index (χ0v) is 18.6. The molecule has 2 heterocycles. The van der Waals surface area contributed by atoms with Crippen LogP contribution in [-0.2, 0) is 16.1 Å². The number of nitrogens with zero attached hydrogens (tertiary/aromatic N) is 3. The molecule has 0 atom stereocenters. The number of carbonyl (C=O) groups excluding carboxylic acids is 2. The van der Waals surface area contributed by atoms with Gasteiger partial charge in [-0.25, -0.2) is 9.78 Å². The first-order valence-corrected chi connectivity index (χ1v) is 10.9. The molecule has 0 aliphatic carbocycles. The molecule has 0 aliphatic rings. The number of likely N-dealkylation sites (N-methyl/N-ethyl adjacent to an activating group) is 1. The third-order valence-electron chi connectivity index (χ3n) is 4.85. The number of aryl methyl sites for hydroxylation is 1. The van der Waals surface area contributed by atoms with E-state index in [-0.39, 0.29) is 31.2 Å². The largest absolute Gasteiger partial charge is 0.490 e. The zero-order valence-electron chi connectivity index (χ0n) is 17.8. The molecular weight excluding hydrogens is 418 g/mol. The fraction of sp³-hybridized carbons (Fsp3) is 0.364. The second-order valence-corrected chi connectivity index (χ2v) is 7.78. The maximum atomic E-state index is 12.9. The number of benzene rings is 1. The van der Waals surface area contributed by atoms with Gasteiger partial charge in [0.15, 0.2) is 0 Å². The molecule has 31 heavy (non-hydrogen) atoms. The van der Waals surface area contributed by atoms with E-state index in [0.717, 1.165) is 11.3 Å². The topological polar surface area (TPSA) is 90.7 Å². The summed E-state index contributed by atoms with van der Waals surface area (Å²) in [5.74, 6) is 0.0158. The van der Waals surface area contributed by atoms with Crippen LogP contribution in [0.1, 0.15) is 29.1 Å². The summed E-state index contributed by atoms with van der Waals surface area (Å²) in [6.45, 7) is 6.82. The highest BCUT2D eigenvalue weighted by atomic mass is 32.1. The van der Waals surface area contributed by atoms with Crippen molar-refractivity contribution in [2.75, 3.05) is 26.3 Å². The average Bonchev–Trinajstić information content (AvgIpc) is 3.12. The van der Waals surface area contributed by atoms with Crippen LogP contribution in [0.15, 0.2) is 41.5 Å². The molecule has 164 valence electrons. The predicted octanol–water partition coefficient (Wildman–Crippen LogP) is 2.87. The van der Waals surface area contributed by atoms with E-state index < -0.39 is 5.97 Å². The summed E-state index contributed by atoms with van der Waals surface area (Å²) >= 11 is 1.11. The minimum atomic E-state index is -0.526. The van der Waals surface area contributed by atoms with Gasteiger partial charge in [0.2, 0.25) is 5.91 Å². The first-order chi connectivity index (χ1) is 15.0. The Labute approximate surface area is 184 Å². The third-order valence-corrected chi connectivity index (χ3v) is 6.03. The van der Waals surface area contributed by atoms with Crippen LogP contribution >= 0.6 is 11.3 Å². The molecule has 1 aromatic carbocycles. The second kappa shape index (κ2) is 10.2. The molecule has 0 N–H and O–H groups in total. The number of amides is 1. The molecule has 9 heteroatoms. The van der Waals surface area contributed by atoms with Crippen LogP contribution in [0.2, 0.25) is 0 Å². The number of carbonyl (C=O) groups is 2.